The van der Waals surface area contributed by atoms with Crippen LogP contribution in [0.5, 0.6) is 0 Å². The van der Waals surface area contributed by atoms with Crippen LogP contribution in [0.4, 0.5) is 5.69 Å². The van der Waals surface area contributed by atoms with Crippen molar-refractivity contribution in [2.24, 2.45) is 35.5 Å². The van der Waals surface area contributed by atoms with Gasteiger partial charge in [-0.05, 0) is 76.2 Å². The number of carbonyl (C=O) groups is 3. The van der Waals surface area contributed by atoms with Crippen molar-refractivity contribution >= 4 is 50.9 Å². The van der Waals surface area contributed by atoms with Gasteiger partial charge in [-0.2, -0.15) is 0 Å². The summed E-state index contributed by atoms with van der Waals surface area (Å²) in [7, 11) is 0. The number of rotatable bonds is 5. The van der Waals surface area contributed by atoms with E-state index in [2.05, 4.69) is 33.4 Å². The third kappa shape index (κ3) is 3.29. The number of hydrogen-bond acceptors (Lipinski definition) is 3. The normalized spacial score (nSPS) is 31.3. The molecule has 2 aromatic rings. The number of anilines is 1. The van der Waals surface area contributed by atoms with Gasteiger partial charge in [-0.3, -0.25) is 19.3 Å². The van der Waals surface area contributed by atoms with Crippen molar-refractivity contribution in [1.82, 2.24) is 4.90 Å². The molecule has 1 N–H and O–H groups in total. The molecule has 2 aromatic carbocycles. The lowest BCUT2D eigenvalue weighted by Gasteiger charge is -2.37. The van der Waals surface area contributed by atoms with Crippen LogP contribution in [0.1, 0.15) is 17.5 Å². The molecule has 7 rings (SSSR count). The molecule has 0 radical (unpaired) electrons. The van der Waals surface area contributed by atoms with Crippen molar-refractivity contribution in [3.63, 3.8) is 0 Å². The first-order valence-corrected chi connectivity index (χ1v) is 12.9. The third-order valence-corrected chi connectivity index (χ3v) is 9.56. The molecule has 7 heteroatoms. The molecule has 3 fully saturated rings. The minimum atomic E-state index is -0.925. The van der Waals surface area contributed by atoms with Crippen LogP contribution < -0.4 is 5.32 Å². The molecule has 2 bridgehead atoms. The molecule has 1 aliphatic heterocycles. The first kappa shape index (κ1) is 22.1. The molecule has 1 saturated heterocycles. The lowest BCUT2D eigenvalue weighted by molar-refractivity contribution is -0.146. The first-order chi connectivity index (χ1) is 16.4. The molecule has 0 spiro atoms. The Balaban J connectivity index is 1.34. The number of amides is 3. The van der Waals surface area contributed by atoms with Crippen molar-refractivity contribution in [3.05, 3.63) is 75.2 Å². The summed E-state index contributed by atoms with van der Waals surface area (Å²) in [4.78, 5) is 42.4. The number of nitrogens with one attached hydrogen (secondary N) is 1. The van der Waals surface area contributed by atoms with E-state index in [0.29, 0.717) is 22.5 Å². The maximum Gasteiger partial charge on any atom is 0.248 e. The fourth-order valence-corrected chi connectivity index (χ4v) is 7.02. The van der Waals surface area contributed by atoms with E-state index < -0.39 is 6.04 Å². The zero-order valence-corrected chi connectivity index (χ0v) is 20.9. The Morgan fingerprint density at radius 1 is 1.06 bits per heavy atom. The molecule has 2 saturated carbocycles. The van der Waals surface area contributed by atoms with Gasteiger partial charge < -0.3 is 5.32 Å². The molecule has 5 nitrogen and oxygen atoms in total. The second-order valence-corrected chi connectivity index (χ2v) is 11.2. The Morgan fingerprint density at radius 3 is 2.29 bits per heavy atom. The largest absolute Gasteiger partial charge is 0.324 e. The molecule has 174 valence electrons. The first-order valence-electron chi connectivity index (χ1n) is 11.7. The average molecular weight is 540 g/mol. The maximum atomic E-state index is 13.7. The highest BCUT2D eigenvalue weighted by Gasteiger charge is 2.67. The zero-order valence-electron chi connectivity index (χ0n) is 18.6. The van der Waals surface area contributed by atoms with Crippen LogP contribution >= 0.6 is 27.5 Å². The van der Waals surface area contributed by atoms with Gasteiger partial charge in [-0.25, -0.2) is 0 Å². The topological polar surface area (TPSA) is 66.5 Å². The van der Waals surface area contributed by atoms with Gasteiger partial charge in [0.25, 0.3) is 0 Å². The van der Waals surface area contributed by atoms with Crippen molar-refractivity contribution in [1.29, 1.82) is 0 Å². The summed E-state index contributed by atoms with van der Waals surface area (Å²) in [5.74, 6) is -0.158. The molecule has 34 heavy (non-hydrogen) atoms. The van der Waals surface area contributed by atoms with Crippen molar-refractivity contribution in [2.75, 3.05) is 5.32 Å². The molecule has 3 amide bonds. The van der Waals surface area contributed by atoms with Gasteiger partial charge in [-0.1, -0.05) is 54.1 Å². The highest BCUT2D eigenvalue weighted by molar-refractivity contribution is 9.10. The van der Waals surface area contributed by atoms with E-state index >= 15 is 0 Å². The number of nitrogens with zero attached hydrogens (tertiary/aromatic N) is 1. The molecular formula is C27H24BrClN2O3. The lowest BCUT2D eigenvalue weighted by atomic mass is 9.63. The molecule has 0 unspecified atom stereocenters. The van der Waals surface area contributed by atoms with Gasteiger partial charge in [-0.15, -0.1) is 0 Å². The van der Waals surface area contributed by atoms with Gasteiger partial charge in [0.05, 0.1) is 16.9 Å². The molecule has 1 heterocycles. The van der Waals surface area contributed by atoms with Gasteiger partial charge >= 0.3 is 0 Å². The van der Waals surface area contributed by atoms with E-state index in [1.807, 2.05) is 37.3 Å². The number of likely N-dealkylation sites (tertiary alicyclic amines) is 1. The Labute approximate surface area is 211 Å². The van der Waals surface area contributed by atoms with E-state index in [4.69, 9.17) is 11.6 Å². The van der Waals surface area contributed by atoms with Crippen LogP contribution in [-0.2, 0) is 20.8 Å². The van der Waals surface area contributed by atoms with E-state index in [1.54, 1.807) is 12.1 Å². The van der Waals surface area contributed by atoms with Crippen molar-refractivity contribution in [2.45, 2.75) is 25.8 Å². The summed E-state index contributed by atoms with van der Waals surface area (Å²) in [5.41, 5.74) is 2.18. The van der Waals surface area contributed by atoms with E-state index in [0.717, 1.165) is 22.0 Å². The van der Waals surface area contributed by atoms with Gasteiger partial charge in [0, 0.05) is 16.6 Å². The third-order valence-electron chi connectivity index (χ3n) is 8.18. The van der Waals surface area contributed by atoms with Crippen LogP contribution in [0.2, 0.25) is 5.02 Å². The van der Waals surface area contributed by atoms with E-state index in [9.17, 15) is 14.4 Å². The fourth-order valence-electron chi connectivity index (χ4n) is 6.43. The number of allylic oxidation sites excluding steroid dienone is 2. The number of hydrogen-bond donors (Lipinski definition) is 1. The van der Waals surface area contributed by atoms with Crippen LogP contribution in [0, 0.1) is 42.4 Å². The quantitative estimate of drug-likeness (QED) is 0.429. The number of carbonyl (C=O) groups excluding carboxylic acids is 3. The molecular weight excluding hydrogens is 516 g/mol. The van der Waals surface area contributed by atoms with E-state index in [1.165, 1.54) is 4.90 Å². The van der Waals surface area contributed by atoms with Gasteiger partial charge in [0.2, 0.25) is 17.7 Å². The summed E-state index contributed by atoms with van der Waals surface area (Å²) in [6, 6.07) is 12.2. The van der Waals surface area contributed by atoms with Crippen molar-refractivity contribution in [3.8, 4) is 0 Å². The monoisotopic (exact) mass is 538 g/mol. The number of imide groups is 1. The molecule has 0 aromatic heterocycles. The number of halogens is 2. The molecule has 4 aliphatic carbocycles. The Hall–Kier alpha value is -2.44. The van der Waals surface area contributed by atoms with Crippen LogP contribution in [0.3, 0.4) is 0 Å². The second kappa shape index (κ2) is 8.06. The smallest absolute Gasteiger partial charge is 0.248 e. The summed E-state index contributed by atoms with van der Waals surface area (Å²) in [5, 5.41) is 3.46. The summed E-state index contributed by atoms with van der Waals surface area (Å²) >= 11 is 9.77. The van der Waals surface area contributed by atoms with Gasteiger partial charge in [0.15, 0.2) is 0 Å². The van der Waals surface area contributed by atoms with Crippen LogP contribution in [0.25, 0.3) is 0 Å². The molecule has 5 aliphatic rings. The SMILES string of the molecule is Cc1c(NC(=O)[C@H](Cc2ccccc2)N2C(=O)[C@@H]3[C@H]4C=C[C@@H]([C@@H]5C[C@H]45)[C@H]3C2=O)ccc(Br)c1Cl. The average Bonchev–Trinajstić information content (AvgIpc) is 3.62. The Bertz CT molecular complexity index is 1210. The van der Waals surface area contributed by atoms with Gasteiger partial charge in [0.1, 0.15) is 6.04 Å². The van der Waals surface area contributed by atoms with E-state index in [-0.39, 0.29) is 47.8 Å². The minimum Gasteiger partial charge on any atom is -0.324 e. The van der Waals surface area contributed by atoms with Crippen LogP contribution in [-0.4, -0.2) is 28.7 Å². The standard InChI is InChI=1S/C27H24BrClN2O3/c1-13-20(10-9-19(28)24(13)29)30-25(32)21(11-14-5-3-2-4-6-14)31-26(33)22-15-7-8-16(18-12-17(15)18)23(22)27(31)34/h2-10,15-18,21-23H,11-12H2,1H3,(H,30,32)/t15-,16-,17-,18+,21-,22+,23+/m0/s1. The highest BCUT2D eigenvalue weighted by Crippen LogP contribution is 2.65. The fraction of sp³-hybridized carbons (Fsp3) is 0.370. The minimum absolute atomic E-state index is 0.120. The second-order valence-electron chi connectivity index (χ2n) is 9.93. The highest BCUT2D eigenvalue weighted by atomic mass is 79.9. The molecule has 7 atom stereocenters. The summed E-state index contributed by atoms with van der Waals surface area (Å²) < 4.78 is 0.737. The Kier molecular flexibility index (Phi) is 5.23. The Morgan fingerprint density at radius 2 is 1.68 bits per heavy atom. The van der Waals surface area contributed by atoms with Crippen LogP contribution in [0.15, 0.2) is 59.1 Å². The number of benzene rings is 2. The predicted octanol–water partition coefficient (Wildman–Crippen LogP) is 5.01. The lowest BCUT2D eigenvalue weighted by Crippen LogP contribution is -2.49. The predicted molar refractivity (Wildman–Crippen MR) is 133 cm³/mol. The van der Waals surface area contributed by atoms with Crippen molar-refractivity contribution < 1.29 is 14.4 Å². The summed E-state index contributed by atoms with van der Waals surface area (Å²) in [6.45, 7) is 1.82. The zero-order chi connectivity index (χ0) is 23.7. The maximum absolute atomic E-state index is 13.7. The summed E-state index contributed by atoms with van der Waals surface area (Å²) in [6.07, 6.45) is 5.66.